The van der Waals surface area contributed by atoms with Gasteiger partial charge in [-0.05, 0) is 62.9 Å². The van der Waals surface area contributed by atoms with Crippen molar-refractivity contribution >= 4 is 17.5 Å². The van der Waals surface area contributed by atoms with Gasteiger partial charge in [0, 0.05) is 50.3 Å². The van der Waals surface area contributed by atoms with Crippen LogP contribution in [0.3, 0.4) is 0 Å². The highest BCUT2D eigenvalue weighted by molar-refractivity contribution is 5.96. The van der Waals surface area contributed by atoms with Crippen molar-refractivity contribution in [3.05, 3.63) is 64.7 Å². The van der Waals surface area contributed by atoms with Crippen molar-refractivity contribution in [2.75, 3.05) is 19.7 Å². The van der Waals surface area contributed by atoms with Crippen LogP contribution in [0.5, 0.6) is 5.75 Å². The molecule has 0 spiro atoms. The summed E-state index contributed by atoms with van der Waals surface area (Å²) in [6, 6.07) is 13.0. The number of carbonyl (C=O) groups excluding carboxylic acids is 3. The number of aryl methyl sites for hydroxylation is 2. The van der Waals surface area contributed by atoms with Gasteiger partial charge in [0.25, 0.3) is 0 Å². The van der Waals surface area contributed by atoms with Gasteiger partial charge in [0.15, 0.2) is 5.78 Å². The quantitative estimate of drug-likeness (QED) is 0.126. The molecule has 3 rings (SSSR count). The van der Waals surface area contributed by atoms with Crippen LogP contribution in [0.25, 0.3) is 0 Å². The lowest BCUT2D eigenvalue weighted by molar-refractivity contribution is -0.256. The molecule has 1 fully saturated rings. The minimum Gasteiger partial charge on any atom is -0.465 e. The molecule has 9 nitrogen and oxygen atoms in total. The van der Waals surface area contributed by atoms with E-state index in [1.165, 1.54) is 0 Å². The Morgan fingerprint density at radius 3 is 2.15 bits per heavy atom. The zero-order valence-corrected chi connectivity index (χ0v) is 28.7. The van der Waals surface area contributed by atoms with E-state index in [0.29, 0.717) is 31.7 Å². The number of aliphatic hydroxyl groups excluding tert-OH is 3. The third-order valence-corrected chi connectivity index (χ3v) is 8.90. The molecule has 1 heterocycles. The minimum atomic E-state index is -1.19. The normalized spacial score (nSPS) is 21.0. The molecule has 1 amide bonds. The van der Waals surface area contributed by atoms with E-state index in [-0.39, 0.29) is 30.3 Å². The molecule has 1 saturated heterocycles. The van der Waals surface area contributed by atoms with Crippen LogP contribution in [-0.2, 0) is 20.7 Å². The number of rotatable bonds is 20. The van der Waals surface area contributed by atoms with E-state index in [9.17, 15) is 29.7 Å². The van der Waals surface area contributed by atoms with E-state index in [4.69, 9.17) is 9.47 Å². The Labute approximate surface area is 280 Å². The van der Waals surface area contributed by atoms with Gasteiger partial charge in [0.2, 0.25) is 12.2 Å². The van der Waals surface area contributed by atoms with Crippen molar-refractivity contribution in [2.24, 2.45) is 5.92 Å². The summed E-state index contributed by atoms with van der Waals surface area (Å²) < 4.78 is 11.5. The van der Waals surface area contributed by atoms with Gasteiger partial charge >= 0.3 is 0 Å². The van der Waals surface area contributed by atoms with Crippen molar-refractivity contribution in [3.8, 4) is 5.75 Å². The number of ether oxygens (including phenoxy) is 2. The van der Waals surface area contributed by atoms with Gasteiger partial charge in [-0.3, -0.25) is 14.4 Å². The maximum atomic E-state index is 12.9. The van der Waals surface area contributed by atoms with Gasteiger partial charge in [0.05, 0.1) is 12.7 Å². The van der Waals surface area contributed by atoms with Crippen LogP contribution < -0.4 is 4.74 Å². The maximum Gasteiger partial charge on any atom is 0.222 e. The Morgan fingerprint density at radius 2 is 1.49 bits per heavy atom. The predicted octanol–water partition coefficient (Wildman–Crippen LogP) is 5.50. The van der Waals surface area contributed by atoms with Crippen LogP contribution in [-0.4, -0.2) is 82.0 Å². The van der Waals surface area contributed by atoms with E-state index in [1.54, 1.807) is 31.2 Å². The van der Waals surface area contributed by atoms with Crippen LogP contribution >= 0.6 is 0 Å². The number of ketones is 2. The summed E-state index contributed by atoms with van der Waals surface area (Å²) in [5, 5.41) is 29.8. The number of unbranched alkanes of at least 4 members (excludes halogenated alkanes) is 5. The summed E-state index contributed by atoms with van der Waals surface area (Å²) >= 11 is 0. The first-order valence-electron chi connectivity index (χ1n) is 17.3. The molecule has 260 valence electrons. The van der Waals surface area contributed by atoms with Crippen LogP contribution in [0.2, 0.25) is 0 Å². The summed E-state index contributed by atoms with van der Waals surface area (Å²) in [7, 11) is 0. The van der Waals surface area contributed by atoms with Gasteiger partial charge in [0.1, 0.15) is 23.7 Å². The summed E-state index contributed by atoms with van der Waals surface area (Å²) in [5.41, 5.74) is 3.84. The van der Waals surface area contributed by atoms with Crippen molar-refractivity contribution in [3.63, 3.8) is 0 Å². The van der Waals surface area contributed by atoms with Gasteiger partial charge < -0.3 is 29.7 Å². The number of carbonyl (C=O) groups is 3. The largest absolute Gasteiger partial charge is 0.465 e. The number of hydrogen-bond acceptors (Lipinski definition) is 8. The summed E-state index contributed by atoms with van der Waals surface area (Å²) in [4.78, 5) is 40.2. The topological polar surface area (TPSA) is 134 Å². The summed E-state index contributed by atoms with van der Waals surface area (Å²) in [5.74, 6) is 0.315. The maximum absolute atomic E-state index is 12.9. The second-order valence-corrected chi connectivity index (χ2v) is 13.1. The molecule has 47 heavy (non-hydrogen) atoms. The molecule has 2 aromatic rings. The Bertz CT molecular complexity index is 1260. The fraction of sp³-hybridized carbons (Fsp3) is 0.605. The molecule has 0 radical (unpaired) electrons. The fourth-order valence-electron chi connectivity index (χ4n) is 6.00. The van der Waals surface area contributed by atoms with Crippen LogP contribution in [0.15, 0.2) is 42.5 Å². The van der Waals surface area contributed by atoms with Crippen LogP contribution in [0.1, 0.15) is 105 Å². The number of benzene rings is 2. The van der Waals surface area contributed by atoms with Crippen LogP contribution in [0, 0.1) is 19.8 Å². The first kappa shape index (κ1) is 38.3. The van der Waals surface area contributed by atoms with Crippen molar-refractivity contribution in [2.45, 2.75) is 123 Å². The Morgan fingerprint density at radius 1 is 0.830 bits per heavy atom. The molecular weight excluding hydrogens is 598 g/mol. The molecule has 5 atom stereocenters. The van der Waals surface area contributed by atoms with Gasteiger partial charge in [-0.1, -0.05) is 68.9 Å². The number of amides is 1. The highest BCUT2D eigenvalue weighted by atomic mass is 16.7. The zero-order chi connectivity index (χ0) is 34.3. The lowest BCUT2D eigenvalue weighted by Crippen LogP contribution is -2.56. The first-order chi connectivity index (χ1) is 22.5. The van der Waals surface area contributed by atoms with Crippen molar-refractivity contribution in [1.82, 2.24) is 4.90 Å². The lowest BCUT2D eigenvalue weighted by Gasteiger charge is -2.40. The van der Waals surface area contributed by atoms with Crippen molar-refractivity contribution in [1.29, 1.82) is 0 Å². The average molecular weight is 654 g/mol. The van der Waals surface area contributed by atoms with E-state index >= 15 is 0 Å². The molecule has 2 aromatic carbocycles. The second-order valence-electron chi connectivity index (χ2n) is 13.1. The fourth-order valence-corrected chi connectivity index (χ4v) is 6.00. The SMILES string of the molecule is CCCCC(=O)N(CCCCCCCC(=O)c1cc(C)cc(C)c1)CCC(=O)Cc1ccc(OC2OC(CO)C(O)C(O)C2C)cc1. The van der Waals surface area contributed by atoms with E-state index in [2.05, 4.69) is 13.0 Å². The van der Waals surface area contributed by atoms with Crippen molar-refractivity contribution < 1.29 is 39.2 Å². The minimum absolute atomic E-state index is 0.0487. The Hall–Kier alpha value is -3.11. The lowest BCUT2D eigenvalue weighted by atomic mass is 9.92. The van der Waals surface area contributed by atoms with E-state index in [0.717, 1.165) is 67.2 Å². The average Bonchev–Trinajstić information content (AvgIpc) is 3.05. The van der Waals surface area contributed by atoms with Crippen LogP contribution in [0.4, 0.5) is 0 Å². The third kappa shape index (κ3) is 12.5. The Balaban J connectivity index is 1.40. The highest BCUT2D eigenvalue weighted by Gasteiger charge is 2.43. The molecule has 0 bridgehead atoms. The highest BCUT2D eigenvalue weighted by Crippen LogP contribution is 2.28. The molecule has 9 heteroatoms. The smallest absolute Gasteiger partial charge is 0.222 e. The first-order valence-corrected chi connectivity index (χ1v) is 17.3. The molecule has 1 aliphatic rings. The van der Waals surface area contributed by atoms with E-state index in [1.807, 2.05) is 30.9 Å². The standard InChI is InChI=1S/C38H55NO8/c1-5-6-13-35(43)39(19-11-9-7-8-10-12-33(42)30-22-26(2)21-27(3)23-30)20-18-31(41)24-29-14-16-32(17-15-29)46-38-28(4)36(44)37(45)34(25-40)47-38/h14-17,21-23,28,34,36-38,40,44-45H,5-13,18-20,24-25H2,1-4H3. The number of nitrogens with zero attached hydrogens (tertiary/aromatic N) is 1. The molecule has 0 aromatic heterocycles. The second kappa shape index (κ2) is 19.6. The molecule has 0 saturated carbocycles. The Kier molecular flexibility index (Phi) is 16.0. The molecular formula is C38H55NO8. The summed E-state index contributed by atoms with van der Waals surface area (Å²) in [6.07, 6.45) is 3.97. The van der Waals surface area contributed by atoms with Gasteiger partial charge in [-0.15, -0.1) is 0 Å². The number of Topliss-reactive ketones (excluding diaryl/α,β-unsaturated/α-hetero) is 2. The predicted molar refractivity (Wildman–Crippen MR) is 181 cm³/mol. The van der Waals surface area contributed by atoms with Gasteiger partial charge in [-0.2, -0.15) is 0 Å². The molecule has 0 aliphatic carbocycles. The third-order valence-electron chi connectivity index (χ3n) is 8.90. The molecule has 5 unspecified atom stereocenters. The molecule has 1 aliphatic heterocycles. The molecule has 3 N–H and O–H groups in total. The summed E-state index contributed by atoms with van der Waals surface area (Å²) in [6.45, 7) is 8.39. The monoisotopic (exact) mass is 653 g/mol. The number of aliphatic hydroxyl groups is 3. The van der Waals surface area contributed by atoms with E-state index < -0.39 is 37.1 Å². The number of hydrogen-bond donors (Lipinski definition) is 3. The zero-order valence-electron chi connectivity index (χ0n) is 28.7. The van der Waals surface area contributed by atoms with Gasteiger partial charge in [-0.25, -0.2) is 0 Å².